The molecule has 0 rings (SSSR count). The second-order valence-corrected chi connectivity index (χ2v) is 1.67. The van der Waals surface area contributed by atoms with Gasteiger partial charge in [0.1, 0.15) is 0 Å². The van der Waals surface area contributed by atoms with E-state index in [0.29, 0.717) is 0 Å². The molecule has 0 aliphatic rings. The first-order chi connectivity index (χ1) is 3.83. The van der Waals surface area contributed by atoms with Crippen molar-refractivity contribution in [3.05, 3.63) is 13.3 Å². The van der Waals surface area contributed by atoms with Gasteiger partial charge in [-0.15, -0.1) is 0 Å². The van der Waals surface area contributed by atoms with Gasteiger partial charge in [0.2, 0.25) is 0 Å². The molecule has 0 N–H and O–H groups in total. The molecular weight excluding hydrogens is 142 g/mol. The summed E-state index contributed by atoms with van der Waals surface area (Å²) in [6.07, 6.45) is 5.60. The molecule has 2 heteroatoms. The van der Waals surface area contributed by atoms with Crippen LogP contribution in [0.4, 0.5) is 0 Å². The average molecular weight is 160 g/mol. The summed E-state index contributed by atoms with van der Waals surface area (Å²) in [7, 11) is 0. The van der Waals surface area contributed by atoms with Gasteiger partial charge in [-0.2, -0.15) is 19.8 Å². The van der Waals surface area contributed by atoms with Gasteiger partial charge < -0.3 is 13.3 Å². The van der Waals surface area contributed by atoms with E-state index in [4.69, 9.17) is 0 Å². The Labute approximate surface area is 111 Å². The Morgan fingerprint density at radius 1 is 1.20 bits per heavy atom. The predicted molar refractivity (Wildman–Crippen MR) is 40.5 cm³/mol. The molecule has 0 aliphatic heterocycles. The summed E-state index contributed by atoms with van der Waals surface area (Å²) in [5.41, 5.74) is 0. The Balaban J connectivity index is -0.0000000300. The van der Waals surface area contributed by atoms with Crippen molar-refractivity contribution in [2.75, 3.05) is 0 Å². The minimum Gasteiger partial charge on any atom is -0.343 e. The smallest absolute Gasteiger partial charge is 0.343 e. The molecule has 52 valence electrons. The van der Waals surface area contributed by atoms with Gasteiger partial charge in [-0.3, -0.25) is 0 Å². The average Bonchev–Trinajstić information content (AvgIpc) is 1.88. The van der Waals surface area contributed by atoms with Crippen molar-refractivity contribution in [3.8, 4) is 0 Å². The van der Waals surface area contributed by atoms with Crippen LogP contribution in [-0.4, -0.2) is 0 Å². The molecule has 0 heterocycles. The molecule has 0 radical (unpaired) electrons. The van der Waals surface area contributed by atoms with Crippen molar-refractivity contribution in [1.82, 2.24) is 0 Å². The van der Waals surface area contributed by atoms with Gasteiger partial charge in [-0.1, -0.05) is 20.3 Å². The molecule has 0 saturated carbocycles. The van der Waals surface area contributed by atoms with E-state index < -0.39 is 0 Å². The molecule has 0 nitrogen and oxygen atoms in total. The Kier molecular flexibility index (Phi) is 69.3. The minimum atomic E-state index is 0. The van der Waals surface area contributed by atoms with Crippen LogP contribution in [0.5, 0.6) is 0 Å². The normalized spacial score (nSPS) is 6.00. The zero-order valence-corrected chi connectivity index (χ0v) is 12.4. The van der Waals surface area contributed by atoms with Gasteiger partial charge in [0.15, 0.2) is 0 Å². The summed E-state index contributed by atoms with van der Waals surface area (Å²) in [4.78, 5) is 0. The Morgan fingerprint density at radius 2 is 1.40 bits per heavy atom. The maximum atomic E-state index is 3.60. The van der Waals surface area contributed by atoms with Crippen LogP contribution in [0.15, 0.2) is 0 Å². The molecule has 0 spiro atoms. The second-order valence-electron chi connectivity index (χ2n) is 1.67. The monoisotopic (exact) mass is 160 g/mol. The molecule has 0 bridgehead atoms. The zero-order chi connectivity index (χ0) is 6.83. The number of hydrogen-bond acceptors (Lipinski definition) is 0. The maximum absolute atomic E-state index is 3.60. The molecule has 0 aromatic rings. The third-order valence-corrected chi connectivity index (χ3v) is 0.762. The van der Waals surface area contributed by atoms with E-state index >= 15 is 0 Å². The van der Waals surface area contributed by atoms with Crippen molar-refractivity contribution in [2.45, 2.75) is 40.0 Å². The molecule has 0 atom stereocenters. The minimum absolute atomic E-state index is 0. The second kappa shape index (κ2) is 30.6. The van der Waals surface area contributed by atoms with Gasteiger partial charge in [0, 0.05) is 0 Å². The fraction of sp³-hybridized carbons (Fsp3) is 0.750. The molecule has 10 heavy (non-hydrogen) atoms. The summed E-state index contributed by atoms with van der Waals surface area (Å²) in [5.74, 6) is 0. The van der Waals surface area contributed by atoms with E-state index in [1.165, 1.54) is 12.8 Å². The van der Waals surface area contributed by atoms with Gasteiger partial charge in [-0.25, -0.2) is 0 Å². The SMILES string of the molecule is C[CH-]CC.[CH2-]CCC.[Na+].[Na+]. The molecule has 0 unspecified atom stereocenters. The molecule has 0 aromatic heterocycles. The number of rotatable bonds is 2. The van der Waals surface area contributed by atoms with Crippen LogP contribution in [-0.2, 0) is 0 Å². The van der Waals surface area contributed by atoms with Gasteiger partial charge in [-0.05, 0) is 0 Å². The topological polar surface area (TPSA) is 0 Å². The number of hydrogen-bond donors (Lipinski definition) is 0. The fourth-order valence-corrected chi connectivity index (χ4v) is 0. The van der Waals surface area contributed by atoms with E-state index in [-0.39, 0.29) is 59.1 Å². The van der Waals surface area contributed by atoms with Crippen LogP contribution in [0.3, 0.4) is 0 Å². The largest absolute Gasteiger partial charge is 1.00 e. The van der Waals surface area contributed by atoms with E-state index in [2.05, 4.69) is 34.1 Å². The van der Waals surface area contributed by atoms with Crippen molar-refractivity contribution < 1.29 is 59.1 Å². The summed E-state index contributed by atoms with van der Waals surface area (Å²) in [6, 6.07) is 0. The quantitative estimate of drug-likeness (QED) is 0.303. The third kappa shape index (κ3) is 50.6. The fourth-order valence-electron chi connectivity index (χ4n) is 0. The van der Waals surface area contributed by atoms with Crippen molar-refractivity contribution in [3.63, 3.8) is 0 Å². The molecule has 0 amide bonds. The van der Waals surface area contributed by atoms with E-state index in [1.807, 2.05) is 0 Å². The summed E-state index contributed by atoms with van der Waals surface area (Å²) < 4.78 is 0. The molecule has 0 aromatic carbocycles. The van der Waals surface area contributed by atoms with Crippen LogP contribution in [0.25, 0.3) is 0 Å². The van der Waals surface area contributed by atoms with Crippen molar-refractivity contribution >= 4 is 0 Å². The summed E-state index contributed by atoms with van der Waals surface area (Å²) >= 11 is 0. The van der Waals surface area contributed by atoms with Crippen LogP contribution in [0, 0.1) is 13.3 Å². The third-order valence-electron chi connectivity index (χ3n) is 0.762. The zero-order valence-electron chi connectivity index (χ0n) is 8.41. The van der Waals surface area contributed by atoms with E-state index in [9.17, 15) is 0 Å². The van der Waals surface area contributed by atoms with Crippen LogP contribution < -0.4 is 59.1 Å². The molecule has 0 saturated heterocycles. The number of unbranched alkanes of at least 4 members (excludes halogenated alkanes) is 2. The van der Waals surface area contributed by atoms with E-state index in [1.54, 1.807) is 0 Å². The maximum Gasteiger partial charge on any atom is 1.00 e. The summed E-state index contributed by atoms with van der Waals surface area (Å²) in [6.45, 7) is 9.90. The Morgan fingerprint density at radius 3 is 1.40 bits per heavy atom. The standard InChI is InChI=1S/2C4H9.2Na/c2*1-3-4-2;;/h3H,4H2,1-2H3;1,3-4H2,2H3;;/q2*-1;2*+1. The first-order valence-corrected chi connectivity index (χ1v) is 3.40. The van der Waals surface area contributed by atoms with Gasteiger partial charge in [0.05, 0.1) is 0 Å². The summed E-state index contributed by atoms with van der Waals surface area (Å²) in [5, 5.41) is 0. The van der Waals surface area contributed by atoms with Crippen LogP contribution >= 0.6 is 0 Å². The van der Waals surface area contributed by atoms with Gasteiger partial charge >= 0.3 is 59.1 Å². The van der Waals surface area contributed by atoms with Crippen molar-refractivity contribution in [1.29, 1.82) is 0 Å². The Bertz CT molecular complexity index is 15.2. The van der Waals surface area contributed by atoms with Crippen LogP contribution in [0.2, 0.25) is 0 Å². The van der Waals surface area contributed by atoms with E-state index in [0.717, 1.165) is 6.42 Å². The van der Waals surface area contributed by atoms with Gasteiger partial charge in [0.25, 0.3) is 0 Å². The first kappa shape index (κ1) is 22.7. The molecular formula is C8H18Na2. The molecule has 0 aliphatic carbocycles. The van der Waals surface area contributed by atoms with Crippen molar-refractivity contribution in [2.24, 2.45) is 0 Å². The first-order valence-electron chi connectivity index (χ1n) is 3.40. The Hall–Kier alpha value is 2.00. The van der Waals surface area contributed by atoms with Crippen LogP contribution in [0.1, 0.15) is 40.0 Å². The molecule has 0 fully saturated rings. The predicted octanol–water partition coefficient (Wildman–Crippen LogP) is -2.75.